The van der Waals surface area contributed by atoms with Gasteiger partial charge in [0.05, 0.1) is 12.0 Å². The van der Waals surface area contributed by atoms with Gasteiger partial charge in [-0.2, -0.15) is 0 Å². The second kappa shape index (κ2) is 4.28. The summed E-state index contributed by atoms with van der Waals surface area (Å²) in [5, 5.41) is 2.83. The van der Waals surface area contributed by atoms with Crippen molar-refractivity contribution >= 4 is 5.91 Å². The standard InChI is InChI=1S/C10H17N3O/c1-10(2,7-11)9(14)13-6-8-4-3-5-12-8/h3-5,12H,6-7,11H2,1-2H3,(H,13,14). The maximum absolute atomic E-state index is 11.6. The van der Waals surface area contributed by atoms with Crippen LogP contribution in [0, 0.1) is 5.41 Å². The van der Waals surface area contributed by atoms with E-state index in [-0.39, 0.29) is 5.91 Å². The molecule has 1 heterocycles. The highest BCUT2D eigenvalue weighted by atomic mass is 16.2. The zero-order valence-corrected chi connectivity index (χ0v) is 8.63. The minimum Gasteiger partial charge on any atom is -0.364 e. The molecule has 0 saturated carbocycles. The number of carbonyl (C=O) groups excluding carboxylic acids is 1. The third-order valence-corrected chi connectivity index (χ3v) is 2.23. The van der Waals surface area contributed by atoms with Crippen LogP contribution in [0.1, 0.15) is 19.5 Å². The van der Waals surface area contributed by atoms with Gasteiger partial charge in [-0.05, 0) is 26.0 Å². The fraction of sp³-hybridized carbons (Fsp3) is 0.500. The van der Waals surface area contributed by atoms with Gasteiger partial charge >= 0.3 is 0 Å². The van der Waals surface area contributed by atoms with Crippen molar-refractivity contribution in [2.75, 3.05) is 6.54 Å². The van der Waals surface area contributed by atoms with Gasteiger partial charge in [0.15, 0.2) is 0 Å². The number of nitrogens with one attached hydrogen (secondary N) is 2. The van der Waals surface area contributed by atoms with Crippen LogP contribution in [0.4, 0.5) is 0 Å². The molecule has 14 heavy (non-hydrogen) atoms. The molecular formula is C10H17N3O. The fourth-order valence-electron chi connectivity index (χ4n) is 0.985. The van der Waals surface area contributed by atoms with Crippen LogP contribution in [0.25, 0.3) is 0 Å². The largest absolute Gasteiger partial charge is 0.364 e. The molecule has 0 bridgehead atoms. The Labute approximate surface area is 83.9 Å². The van der Waals surface area contributed by atoms with E-state index in [1.54, 1.807) is 0 Å². The first-order valence-corrected chi connectivity index (χ1v) is 4.67. The van der Waals surface area contributed by atoms with E-state index in [2.05, 4.69) is 10.3 Å². The van der Waals surface area contributed by atoms with Gasteiger partial charge in [-0.1, -0.05) is 0 Å². The topological polar surface area (TPSA) is 70.9 Å². The molecule has 0 fully saturated rings. The van der Waals surface area contributed by atoms with Crippen molar-refractivity contribution in [3.63, 3.8) is 0 Å². The van der Waals surface area contributed by atoms with Crippen molar-refractivity contribution in [2.24, 2.45) is 11.1 Å². The number of rotatable bonds is 4. The Kier molecular flexibility index (Phi) is 3.30. The molecular weight excluding hydrogens is 178 g/mol. The third kappa shape index (κ3) is 2.60. The molecule has 0 atom stereocenters. The molecule has 0 aliphatic rings. The minimum atomic E-state index is -0.493. The van der Waals surface area contributed by atoms with Crippen LogP contribution in [-0.2, 0) is 11.3 Å². The maximum atomic E-state index is 11.6. The molecule has 1 amide bonds. The number of aromatic nitrogens is 1. The first kappa shape index (κ1) is 10.8. The van der Waals surface area contributed by atoms with Crippen molar-refractivity contribution < 1.29 is 4.79 Å². The Balaban J connectivity index is 2.43. The molecule has 4 nitrogen and oxygen atoms in total. The summed E-state index contributed by atoms with van der Waals surface area (Å²) in [6.07, 6.45) is 1.83. The molecule has 1 rings (SSSR count). The lowest BCUT2D eigenvalue weighted by molar-refractivity contribution is -0.129. The van der Waals surface area contributed by atoms with Crippen LogP contribution >= 0.6 is 0 Å². The van der Waals surface area contributed by atoms with Crippen LogP contribution in [0.5, 0.6) is 0 Å². The molecule has 0 aromatic carbocycles. The lowest BCUT2D eigenvalue weighted by Gasteiger charge is -2.20. The monoisotopic (exact) mass is 195 g/mol. The fourth-order valence-corrected chi connectivity index (χ4v) is 0.985. The molecule has 78 valence electrons. The highest BCUT2D eigenvalue weighted by Crippen LogP contribution is 2.12. The maximum Gasteiger partial charge on any atom is 0.227 e. The Morgan fingerprint density at radius 1 is 1.64 bits per heavy atom. The average Bonchev–Trinajstić information content (AvgIpc) is 2.66. The first-order valence-electron chi connectivity index (χ1n) is 4.67. The molecule has 4 heteroatoms. The average molecular weight is 195 g/mol. The summed E-state index contributed by atoms with van der Waals surface area (Å²) in [6, 6.07) is 3.82. The van der Waals surface area contributed by atoms with Crippen molar-refractivity contribution in [2.45, 2.75) is 20.4 Å². The summed E-state index contributed by atoms with van der Waals surface area (Å²) in [7, 11) is 0. The summed E-state index contributed by atoms with van der Waals surface area (Å²) in [4.78, 5) is 14.6. The molecule has 4 N–H and O–H groups in total. The van der Waals surface area contributed by atoms with Crippen LogP contribution in [0.3, 0.4) is 0 Å². The third-order valence-electron chi connectivity index (χ3n) is 2.23. The number of aromatic amines is 1. The quantitative estimate of drug-likeness (QED) is 0.659. The molecule has 1 aromatic heterocycles. The minimum absolute atomic E-state index is 0.0189. The molecule has 0 saturated heterocycles. The van der Waals surface area contributed by atoms with Gasteiger partial charge in [0.2, 0.25) is 5.91 Å². The van der Waals surface area contributed by atoms with Gasteiger partial charge in [0.1, 0.15) is 0 Å². The van der Waals surface area contributed by atoms with Gasteiger partial charge in [-0.3, -0.25) is 4.79 Å². The van der Waals surface area contributed by atoms with Crippen LogP contribution in [0.15, 0.2) is 18.3 Å². The number of carbonyl (C=O) groups is 1. The predicted octanol–water partition coefficient (Wildman–Crippen LogP) is 0.616. The second-order valence-corrected chi connectivity index (χ2v) is 3.97. The Hall–Kier alpha value is -1.29. The predicted molar refractivity (Wildman–Crippen MR) is 55.5 cm³/mol. The smallest absolute Gasteiger partial charge is 0.227 e. The summed E-state index contributed by atoms with van der Waals surface area (Å²) in [5.74, 6) is -0.0189. The molecule has 1 aromatic rings. The molecule has 0 spiro atoms. The number of nitrogens with two attached hydrogens (primary N) is 1. The van der Waals surface area contributed by atoms with Crippen LogP contribution in [-0.4, -0.2) is 17.4 Å². The van der Waals surface area contributed by atoms with Gasteiger partial charge < -0.3 is 16.0 Å². The summed E-state index contributed by atoms with van der Waals surface area (Å²) in [6.45, 7) is 4.53. The van der Waals surface area contributed by atoms with E-state index in [1.165, 1.54) is 0 Å². The Morgan fingerprint density at radius 3 is 2.86 bits per heavy atom. The summed E-state index contributed by atoms with van der Waals surface area (Å²) in [5.41, 5.74) is 5.99. The number of amides is 1. The molecule has 0 unspecified atom stereocenters. The van der Waals surface area contributed by atoms with E-state index in [1.807, 2.05) is 32.2 Å². The van der Waals surface area contributed by atoms with E-state index in [4.69, 9.17) is 5.73 Å². The highest BCUT2D eigenvalue weighted by Gasteiger charge is 2.25. The van der Waals surface area contributed by atoms with Gasteiger partial charge in [0.25, 0.3) is 0 Å². The van der Waals surface area contributed by atoms with E-state index in [9.17, 15) is 4.79 Å². The Bertz CT molecular complexity index is 290. The summed E-state index contributed by atoms with van der Waals surface area (Å²) < 4.78 is 0. The van der Waals surface area contributed by atoms with Crippen molar-refractivity contribution in [3.8, 4) is 0 Å². The summed E-state index contributed by atoms with van der Waals surface area (Å²) >= 11 is 0. The lowest BCUT2D eigenvalue weighted by atomic mass is 9.93. The van der Waals surface area contributed by atoms with Gasteiger partial charge in [-0.25, -0.2) is 0 Å². The second-order valence-electron chi connectivity index (χ2n) is 3.97. The van der Waals surface area contributed by atoms with Crippen LogP contribution in [0.2, 0.25) is 0 Å². The highest BCUT2D eigenvalue weighted by molar-refractivity contribution is 5.81. The molecule has 0 aliphatic carbocycles. The SMILES string of the molecule is CC(C)(CN)C(=O)NCc1ccc[nH]1. The Morgan fingerprint density at radius 2 is 2.36 bits per heavy atom. The van der Waals surface area contributed by atoms with Crippen LogP contribution < -0.4 is 11.1 Å². The lowest BCUT2D eigenvalue weighted by Crippen LogP contribution is -2.41. The zero-order valence-electron chi connectivity index (χ0n) is 8.63. The van der Waals surface area contributed by atoms with E-state index in [0.717, 1.165) is 5.69 Å². The number of hydrogen-bond donors (Lipinski definition) is 3. The van der Waals surface area contributed by atoms with Crippen molar-refractivity contribution in [3.05, 3.63) is 24.0 Å². The van der Waals surface area contributed by atoms with Gasteiger partial charge in [-0.15, -0.1) is 0 Å². The number of H-pyrrole nitrogens is 1. The first-order chi connectivity index (χ1) is 6.56. The number of hydrogen-bond acceptors (Lipinski definition) is 2. The van der Waals surface area contributed by atoms with Gasteiger partial charge in [0, 0.05) is 18.4 Å². The molecule has 0 radical (unpaired) electrons. The van der Waals surface area contributed by atoms with E-state index >= 15 is 0 Å². The van der Waals surface area contributed by atoms with E-state index < -0.39 is 5.41 Å². The van der Waals surface area contributed by atoms with Crippen molar-refractivity contribution in [1.29, 1.82) is 0 Å². The normalized spacial score (nSPS) is 11.4. The molecule has 0 aliphatic heterocycles. The van der Waals surface area contributed by atoms with E-state index in [0.29, 0.717) is 13.1 Å². The zero-order chi connectivity index (χ0) is 10.6. The van der Waals surface area contributed by atoms with Crippen molar-refractivity contribution in [1.82, 2.24) is 10.3 Å².